The highest BCUT2D eigenvalue weighted by Gasteiger charge is 2.62. The van der Waals surface area contributed by atoms with Gasteiger partial charge in [0.1, 0.15) is 24.5 Å². The van der Waals surface area contributed by atoms with E-state index in [1.807, 2.05) is 0 Å². The fourth-order valence-electron chi connectivity index (χ4n) is 2.76. The number of anilines is 1. The fourth-order valence-corrected chi connectivity index (χ4v) is 2.76. The second kappa shape index (κ2) is 8.45. The van der Waals surface area contributed by atoms with Gasteiger partial charge in [-0.05, 0) is 12.1 Å². The maximum absolute atomic E-state index is 14.9. The number of halogens is 3. The molecule has 9 nitrogen and oxygen atoms in total. The molecule has 0 amide bonds. The summed E-state index contributed by atoms with van der Waals surface area (Å²) in [6, 6.07) is 4.10. The van der Waals surface area contributed by atoms with Crippen molar-refractivity contribution in [2.75, 3.05) is 12.3 Å². The molecule has 2 aromatic heterocycles. The average Bonchev–Trinajstić information content (AvgIpc) is 2.85. The Hall–Kier alpha value is -2.19. The quantitative estimate of drug-likeness (QED) is 0.248. The van der Waals surface area contributed by atoms with Crippen LogP contribution in [0.25, 0.3) is 0 Å². The average molecular weight is 510 g/mol. The number of nitrogens with zero attached hydrogens (tertiary/aromatic N) is 3. The Labute approximate surface area is 174 Å². The van der Waals surface area contributed by atoms with Crippen LogP contribution in [0.1, 0.15) is 16.6 Å². The Morgan fingerprint density at radius 1 is 1.50 bits per heavy atom. The zero-order valence-corrected chi connectivity index (χ0v) is 16.7. The lowest BCUT2D eigenvalue weighted by atomic mass is 10.1. The van der Waals surface area contributed by atoms with E-state index in [0.717, 1.165) is 12.3 Å². The van der Waals surface area contributed by atoms with Crippen LogP contribution in [-0.4, -0.2) is 45.4 Å². The topological polar surface area (TPSA) is 121 Å². The lowest BCUT2D eigenvalue weighted by Gasteiger charge is -2.23. The lowest BCUT2D eigenvalue weighted by molar-refractivity contribution is -0.671. The molecule has 2 aromatic rings. The Bertz CT molecular complexity index is 926. The number of hydrogen-bond acceptors (Lipinski definition) is 7. The summed E-state index contributed by atoms with van der Waals surface area (Å²) in [5, 5.41) is 9.40. The number of ether oxygens (including phenoxy) is 2. The highest BCUT2D eigenvalue weighted by atomic mass is 127. The molecule has 1 fully saturated rings. The van der Waals surface area contributed by atoms with Crippen LogP contribution in [-0.2, 0) is 16.5 Å². The molecule has 0 bridgehead atoms. The van der Waals surface area contributed by atoms with Gasteiger partial charge in [-0.15, -0.1) is 0 Å². The molecule has 0 radical (unpaired) electrons. The summed E-state index contributed by atoms with van der Waals surface area (Å²) >= 11 is 0. The van der Waals surface area contributed by atoms with Crippen molar-refractivity contribution < 1.29 is 56.7 Å². The van der Waals surface area contributed by atoms with Crippen molar-refractivity contribution in [3.05, 3.63) is 52.8 Å². The van der Waals surface area contributed by atoms with Crippen LogP contribution in [0.4, 0.5) is 14.6 Å². The Morgan fingerprint density at radius 2 is 2.21 bits per heavy atom. The molecule has 28 heavy (non-hydrogen) atoms. The van der Waals surface area contributed by atoms with Crippen molar-refractivity contribution in [2.24, 2.45) is 7.05 Å². The van der Waals surface area contributed by atoms with Crippen molar-refractivity contribution in [1.29, 1.82) is 0 Å². The van der Waals surface area contributed by atoms with E-state index in [2.05, 4.69) is 4.98 Å². The van der Waals surface area contributed by atoms with Crippen LogP contribution >= 0.6 is 0 Å². The lowest BCUT2D eigenvalue weighted by Crippen LogP contribution is -3.00. The van der Waals surface area contributed by atoms with E-state index in [9.17, 15) is 23.5 Å². The second-order valence-corrected chi connectivity index (χ2v) is 6.01. The van der Waals surface area contributed by atoms with Gasteiger partial charge in [-0.25, -0.2) is 14.2 Å². The summed E-state index contributed by atoms with van der Waals surface area (Å²) in [4.78, 5) is 27.5. The third-order valence-electron chi connectivity index (χ3n) is 4.04. The molecule has 1 unspecified atom stereocenters. The number of aliphatic hydroxyl groups excluding tert-OH is 1. The minimum atomic E-state index is -3.80. The van der Waals surface area contributed by atoms with Gasteiger partial charge in [0.25, 0.3) is 0 Å². The SMILES string of the molecule is C[n+]1cccc(C(=O)O[C@@H]2[C@@H](CO)OC(n3ccc(N)nc3=O)C2(F)F)c1.[I-]. The van der Waals surface area contributed by atoms with Crippen LogP contribution in [0.15, 0.2) is 41.6 Å². The summed E-state index contributed by atoms with van der Waals surface area (Å²) in [7, 11) is 1.65. The first-order valence-corrected chi connectivity index (χ1v) is 7.89. The monoisotopic (exact) mass is 510 g/mol. The molecule has 0 saturated carbocycles. The number of aliphatic hydroxyl groups is 1. The summed E-state index contributed by atoms with van der Waals surface area (Å²) in [6.45, 7) is -0.843. The molecule has 0 spiro atoms. The number of aryl methyl sites for hydroxylation is 1. The van der Waals surface area contributed by atoms with Crippen LogP contribution in [0.5, 0.6) is 0 Å². The van der Waals surface area contributed by atoms with Crippen molar-refractivity contribution >= 4 is 11.8 Å². The Kier molecular flexibility index (Phi) is 6.67. The normalized spacial score (nSPS) is 23.1. The minimum Gasteiger partial charge on any atom is -1.00 e. The third kappa shape index (κ3) is 4.12. The van der Waals surface area contributed by atoms with Crippen molar-refractivity contribution in [2.45, 2.75) is 24.4 Å². The van der Waals surface area contributed by atoms with Gasteiger partial charge in [-0.1, -0.05) is 0 Å². The summed E-state index contributed by atoms with van der Waals surface area (Å²) in [5.41, 5.74) is 4.34. The number of carbonyl (C=O) groups excluding carboxylic acids is 1. The molecule has 0 aromatic carbocycles. The van der Waals surface area contributed by atoms with E-state index in [1.165, 1.54) is 12.3 Å². The van der Waals surface area contributed by atoms with Gasteiger partial charge < -0.3 is 44.3 Å². The van der Waals surface area contributed by atoms with Gasteiger partial charge in [0.15, 0.2) is 18.5 Å². The molecule has 152 valence electrons. The predicted octanol–water partition coefficient (Wildman–Crippen LogP) is -3.60. The number of nitrogen functional groups attached to an aromatic ring is 1. The zero-order chi connectivity index (χ0) is 19.8. The Balaban J connectivity index is 0.00000280. The molecule has 3 rings (SSSR count). The smallest absolute Gasteiger partial charge is 0.351 e. The molecular weight excluding hydrogens is 493 g/mol. The predicted molar refractivity (Wildman–Crippen MR) is 85.7 cm³/mol. The first kappa shape index (κ1) is 22.1. The van der Waals surface area contributed by atoms with Gasteiger partial charge >= 0.3 is 17.6 Å². The summed E-state index contributed by atoms with van der Waals surface area (Å²) in [6.07, 6.45) is -1.70. The minimum absolute atomic E-state index is 0. The molecule has 12 heteroatoms. The van der Waals surface area contributed by atoms with E-state index >= 15 is 0 Å². The van der Waals surface area contributed by atoms with E-state index in [1.54, 1.807) is 23.9 Å². The van der Waals surface area contributed by atoms with Crippen LogP contribution in [0.3, 0.4) is 0 Å². The molecule has 3 heterocycles. The summed E-state index contributed by atoms with van der Waals surface area (Å²) < 4.78 is 41.9. The number of hydrogen-bond donors (Lipinski definition) is 2. The van der Waals surface area contributed by atoms with Gasteiger partial charge in [0.05, 0.1) is 6.61 Å². The van der Waals surface area contributed by atoms with Crippen LogP contribution in [0.2, 0.25) is 0 Å². The molecule has 1 saturated heterocycles. The van der Waals surface area contributed by atoms with Gasteiger partial charge in [-0.3, -0.25) is 4.57 Å². The largest absolute Gasteiger partial charge is 1.00 e. The Morgan fingerprint density at radius 3 is 2.82 bits per heavy atom. The van der Waals surface area contributed by atoms with E-state index in [0.29, 0.717) is 4.57 Å². The number of alkyl halides is 2. The maximum atomic E-state index is 14.9. The van der Waals surface area contributed by atoms with Crippen LogP contribution in [0, 0.1) is 0 Å². The highest BCUT2D eigenvalue weighted by Crippen LogP contribution is 2.44. The van der Waals surface area contributed by atoms with E-state index < -0.39 is 42.6 Å². The van der Waals surface area contributed by atoms with E-state index in [-0.39, 0.29) is 35.4 Å². The molecule has 1 aliphatic rings. The van der Waals surface area contributed by atoms with E-state index in [4.69, 9.17) is 15.2 Å². The maximum Gasteiger partial charge on any atom is 0.351 e. The first-order chi connectivity index (χ1) is 12.7. The molecule has 1 aliphatic heterocycles. The highest BCUT2D eigenvalue weighted by molar-refractivity contribution is 5.88. The summed E-state index contributed by atoms with van der Waals surface area (Å²) in [5.74, 6) is -4.96. The van der Waals surface area contributed by atoms with Gasteiger partial charge in [0, 0.05) is 12.3 Å². The number of nitrogens with two attached hydrogens (primary N) is 1. The third-order valence-corrected chi connectivity index (χ3v) is 4.04. The number of carbonyl (C=O) groups is 1. The standard InChI is InChI=1S/C16H16F2N4O5.HI/c1-21-5-2-3-9(7-21)13(24)27-12-10(8-23)26-14(16(12,17)18)22-6-4-11(19)20-15(22)25;/h2-7,10,12,14,23H,8H2,1H3,(H-,19,20,25);1H/t10-,12-,14?;/m1./s1. The van der Waals surface area contributed by atoms with Crippen molar-refractivity contribution in [1.82, 2.24) is 9.55 Å². The molecule has 3 atom stereocenters. The molecule has 0 aliphatic carbocycles. The van der Waals surface area contributed by atoms with Gasteiger partial charge in [0.2, 0.25) is 6.23 Å². The van der Waals surface area contributed by atoms with Crippen molar-refractivity contribution in [3.8, 4) is 0 Å². The zero-order valence-electron chi connectivity index (χ0n) is 14.5. The fraction of sp³-hybridized carbons (Fsp3) is 0.375. The second-order valence-electron chi connectivity index (χ2n) is 6.01. The molecule has 3 N–H and O–H groups in total. The van der Waals surface area contributed by atoms with Gasteiger partial charge in [-0.2, -0.15) is 13.8 Å². The van der Waals surface area contributed by atoms with Crippen LogP contribution < -0.4 is 40.0 Å². The number of pyridine rings is 1. The number of rotatable bonds is 4. The molecular formula is C16H17F2IN4O5. The van der Waals surface area contributed by atoms with Crippen molar-refractivity contribution in [3.63, 3.8) is 0 Å². The first-order valence-electron chi connectivity index (χ1n) is 7.89. The number of esters is 1. The number of aromatic nitrogens is 3.